The Morgan fingerprint density at radius 3 is 2.00 bits per heavy atom. The molecule has 0 N–H and O–H groups in total. The highest BCUT2D eigenvalue weighted by molar-refractivity contribution is 5.75. The second-order valence-electron chi connectivity index (χ2n) is 16.0. The van der Waals surface area contributed by atoms with Gasteiger partial charge >= 0.3 is 0 Å². The van der Waals surface area contributed by atoms with E-state index in [1.165, 1.54) is 70.6 Å². The molecule has 0 aliphatic heterocycles. The van der Waals surface area contributed by atoms with Gasteiger partial charge in [-0.1, -0.05) is 54.9 Å². The monoisotopic (exact) mass is 468 g/mol. The van der Waals surface area contributed by atoms with Gasteiger partial charge in [0, 0.05) is 6.42 Å². The van der Waals surface area contributed by atoms with Crippen LogP contribution in [0.5, 0.6) is 0 Å². The molecule has 0 radical (unpaired) electrons. The minimum atomic E-state index is 0.380. The smallest absolute Gasteiger partial charge is 0.129 e. The number of carbonyl (C=O) groups is 1. The average molecular weight is 469 g/mol. The van der Waals surface area contributed by atoms with Crippen molar-refractivity contribution in [2.75, 3.05) is 0 Å². The van der Waals surface area contributed by atoms with Crippen molar-refractivity contribution in [1.29, 1.82) is 0 Å². The van der Waals surface area contributed by atoms with E-state index in [4.69, 9.17) is 0 Å². The van der Waals surface area contributed by atoms with E-state index in [9.17, 15) is 4.79 Å². The lowest BCUT2D eigenvalue weighted by Gasteiger charge is -2.73. The number of hydrogen-bond donors (Lipinski definition) is 0. The maximum absolute atomic E-state index is 11.7. The van der Waals surface area contributed by atoms with Crippen LogP contribution in [0, 0.1) is 62.6 Å². The minimum absolute atomic E-state index is 0.380. The minimum Gasteiger partial charge on any atom is -0.300 e. The second kappa shape index (κ2) is 8.08. The van der Waals surface area contributed by atoms with Gasteiger partial charge in [0.25, 0.3) is 0 Å². The Bertz CT molecular complexity index is 811. The molecule has 0 aromatic heterocycles. The summed E-state index contributed by atoms with van der Waals surface area (Å²) in [4.78, 5) is 11.7. The van der Waals surface area contributed by atoms with Crippen molar-refractivity contribution in [1.82, 2.24) is 0 Å². The third-order valence-electron chi connectivity index (χ3n) is 14.4. The molecule has 0 bridgehead atoms. The van der Waals surface area contributed by atoms with Crippen LogP contribution >= 0.6 is 0 Å². The summed E-state index contributed by atoms with van der Waals surface area (Å²) in [6, 6.07) is 0. The molecule has 0 aromatic carbocycles. The molecule has 0 unspecified atom stereocenters. The summed E-state index contributed by atoms with van der Waals surface area (Å²) in [5.74, 6) is 5.60. The lowest BCUT2D eigenvalue weighted by molar-refractivity contribution is -0.241. The molecule has 5 aliphatic rings. The van der Waals surface area contributed by atoms with Gasteiger partial charge in [0.15, 0.2) is 0 Å². The van der Waals surface area contributed by atoms with Gasteiger partial charge < -0.3 is 4.79 Å². The maximum atomic E-state index is 11.7. The van der Waals surface area contributed by atoms with Gasteiger partial charge in [-0.3, -0.25) is 0 Å². The summed E-state index contributed by atoms with van der Waals surface area (Å²) >= 11 is 0. The quantitative estimate of drug-likeness (QED) is 0.401. The molecule has 0 amide bonds. The SMILES string of the molecule is CC(=O)CC[C@H](C)[C@H]1CC[C@]2(C)[C@H]3CC[C@@H]4[C@@]5(C)CCCC(C)(C)[C@@H]5CC[C@@]4(C)[C@]3(C)CC[C@@H]12. The molecule has 34 heavy (non-hydrogen) atoms. The van der Waals surface area contributed by atoms with E-state index in [-0.39, 0.29) is 0 Å². The van der Waals surface area contributed by atoms with Crippen molar-refractivity contribution in [2.45, 2.75) is 139 Å². The van der Waals surface area contributed by atoms with Crippen molar-refractivity contribution >= 4 is 5.78 Å². The highest BCUT2D eigenvalue weighted by Crippen LogP contribution is 2.78. The number of carbonyl (C=O) groups excluding carboxylic acids is 1. The van der Waals surface area contributed by atoms with Crippen molar-refractivity contribution in [3.05, 3.63) is 0 Å². The van der Waals surface area contributed by atoms with Gasteiger partial charge in [-0.25, -0.2) is 0 Å². The fraction of sp³-hybridized carbons (Fsp3) is 0.970. The van der Waals surface area contributed by atoms with Crippen molar-refractivity contribution in [3.63, 3.8) is 0 Å². The van der Waals surface area contributed by atoms with Crippen LogP contribution in [0.25, 0.3) is 0 Å². The molecular weight excluding hydrogens is 412 g/mol. The van der Waals surface area contributed by atoms with Crippen molar-refractivity contribution in [3.8, 4) is 0 Å². The molecule has 0 aromatic rings. The molecule has 194 valence electrons. The molecule has 1 heteroatoms. The highest BCUT2D eigenvalue weighted by atomic mass is 16.1. The van der Waals surface area contributed by atoms with Crippen LogP contribution in [-0.4, -0.2) is 5.78 Å². The molecular formula is C33H56O. The molecule has 5 rings (SSSR count). The first-order chi connectivity index (χ1) is 15.8. The maximum Gasteiger partial charge on any atom is 0.129 e. The normalized spacial score (nSPS) is 52.6. The largest absolute Gasteiger partial charge is 0.300 e. The Balaban J connectivity index is 1.43. The van der Waals surface area contributed by atoms with Gasteiger partial charge in [0.1, 0.15) is 5.78 Å². The van der Waals surface area contributed by atoms with Crippen molar-refractivity contribution in [2.24, 2.45) is 62.6 Å². The van der Waals surface area contributed by atoms with E-state index in [1.807, 2.05) is 0 Å². The first-order valence-corrected chi connectivity index (χ1v) is 15.3. The van der Waals surface area contributed by atoms with E-state index in [1.54, 1.807) is 6.92 Å². The summed E-state index contributed by atoms with van der Waals surface area (Å²) in [6.45, 7) is 20.5. The summed E-state index contributed by atoms with van der Waals surface area (Å²) in [7, 11) is 0. The van der Waals surface area contributed by atoms with E-state index >= 15 is 0 Å². The Labute approximate surface area is 212 Å². The number of fused-ring (bicyclic) bond motifs is 7. The van der Waals surface area contributed by atoms with E-state index in [2.05, 4.69) is 48.5 Å². The highest BCUT2D eigenvalue weighted by Gasteiger charge is 2.70. The van der Waals surface area contributed by atoms with E-state index < -0.39 is 0 Å². The summed E-state index contributed by atoms with van der Waals surface area (Å²) in [6.07, 6.45) is 18.0. The molecule has 0 heterocycles. The summed E-state index contributed by atoms with van der Waals surface area (Å²) < 4.78 is 0. The lowest BCUT2D eigenvalue weighted by Crippen LogP contribution is -2.65. The Morgan fingerprint density at radius 2 is 1.35 bits per heavy atom. The molecule has 0 saturated heterocycles. The molecule has 0 spiro atoms. The molecule has 1 nitrogen and oxygen atoms in total. The van der Waals surface area contributed by atoms with Crippen LogP contribution in [-0.2, 0) is 4.79 Å². The zero-order valence-corrected chi connectivity index (χ0v) is 24.1. The van der Waals surface area contributed by atoms with Gasteiger partial charge in [0.2, 0.25) is 0 Å². The van der Waals surface area contributed by atoms with Crippen molar-refractivity contribution < 1.29 is 4.79 Å². The topological polar surface area (TPSA) is 17.1 Å². The zero-order chi connectivity index (χ0) is 24.7. The van der Waals surface area contributed by atoms with Gasteiger partial charge in [-0.05, 0) is 140 Å². The Kier molecular flexibility index (Phi) is 6.02. The predicted molar refractivity (Wildman–Crippen MR) is 144 cm³/mol. The summed E-state index contributed by atoms with van der Waals surface area (Å²) in [5.41, 5.74) is 2.64. The predicted octanol–water partition coefficient (Wildman–Crippen LogP) is 9.48. The molecule has 5 saturated carbocycles. The van der Waals surface area contributed by atoms with Crippen LogP contribution in [0.3, 0.4) is 0 Å². The van der Waals surface area contributed by atoms with Crippen LogP contribution < -0.4 is 0 Å². The fourth-order valence-electron chi connectivity index (χ4n) is 12.7. The number of rotatable bonds is 4. The number of Topliss-reactive ketones (excluding diaryl/α,β-unsaturated/α-hetero) is 1. The first-order valence-electron chi connectivity index (χ1n) is 15.3. The van der Waals surface area contributed by atoms with Gasteiger partial charge in [-0.2, -0.15) is 0 Å². The van der Waals surface area contributed by atoms with E-state index in [0.717, 1.165) is 42.4 Å². The Hall–Kier alpha value is -0.330. The average Bonchev–Trinajstić information content (AvgIpc) is 3.09. The lowest BCUT2D eigenvalue weighted by atomic mass is 9.32. The zero-order valence-electron chi connectivity index (χ0n) is 24.1. The van der Waals surface area contributed by atoms with Crippen LogP contribution in [0.1, 0.15) is 139 Å². The Morgan fingerprint density at radius 1 is 0.735 bits per heavy atom. The van der Waals surface area contributed by atoms with Gasteiger partial charge in [0.05, 0.1) is 0 Å². The van der Waals surface area contributed by atoms with Gasteiger partial charge in [-0.15, -0.1) is 0 Å². The second-order valence-corrected chi connectivity index (χ2v) is 16.0. The van der Waals surface area contributed by atoms with Crippen LogP contribution in [0.4, 0.5) is 0 Å². The molecule has 5 fully saturated rings. The first kappa shape index (κ1) is 25.3. The standard InChI is InChI=1S/C33H56O/c1-22(10-11-23(2)34)24-14-19-30(5)25(24)15-20-32(7)27(30)12-13-28-31(6)18-9-17-29(3,4)26(31)16-21-33(28,32)8/h22,24-28H,9-21H2,1-8H3/t22-,24+,25-,26-,27+,28+,30-,31-,32+,33+/m0/s1. The van der Waals surface area contributed by atoms with Crippen LogP contribution in [0.2, 0.25) is 0 Å². The fourth-order valence-corrected chi connectivity index (χ4v) is 12.7. The third kappa shape index (κ3) is 3.32. The number of hydrogen-bond acceptors (Lipinski definition) is 1. The number of ketones is 1. The molecule has 5 aliphatic carbocycles. The summed E-state index contributed by atoms with van der Waals surface area (Å²) in [5, 5.41) is 0. The van der Waals surface area contributed by atoms with Crippen LogP contribution in [0.15, 0.2) is 0 Å². The van der Waals surface area contributed by atoms with E-state index in [0.29, 0.717) is 38.8 Å². The molecule has 10 atom stereocenters. The third-order valence-corrected chi connectivity index (χ3v) is 14.4.